The van der Waals surface area contributed by atoms with E-state index in [1.54, 1.807) is 21.0 Å². The summed E-state index contributed by atoms with van der Waals surface area (Å²) in [5, 5.41) is 22.6. The number of hydrogen-bond acceptors (Lipinski definition) is 10. The van der Waals surface area contributed by atoms with Crippen LogP contribution < -0.4 is 38.1 Å². The van der Waals surface area contributed by atoms with Gasteiger partial charge in [-0.25, -0.2) is 4.99 Å². The molecule has 24 heteroatoms. The van der Waals surface area contributed by atoms with Gasteiger partial charge < -0.3 is 52.8 Å². The standard InChI is InChI=1S/C32H38I6N10O8/c1-12(56-5)45-25-21(35)15(27(51)41-2)19(33)17(22(25)36)29(53)44-11-14(50)47-26-23(37)16(28(52)42-9-10-49)20(34)18(24(26)38)30(54)46-13(31(55)48(3)4)7-6-8-43-32(39)40/h13,49H,6-11H2,1-5H3,(H,41,51)(H,42,52)(H,44,53)(H,46,54)(H,47,50)(H4,39,40,43). The molecule has 0 spiro atoms. The van der Waals surface area contributed by atoms with Crippen molar-refractivity contribution < 1.29 is 38.6 Å². The Kier molecular flexibility index (Phi) is 21.5. The van der Waals surface area contributed by atoms with E-state index in [0.717, 1.165) is 0 Å². The molecule has 2 aromatic carbocycles. The highest BCUT2D eigenvalue weighted by Crippen LogP contribution is 2.38. The lowest BCUT2D eigenvalue weighted by Crippen LogP contribution is -2.47. The Hall–Kier alpha value is -1.66. The van der Waals surface area contributed by atoms with Crippen LogP contribution in [0.4, 0.5) is 11.4 Å². The number of nitrogens with zero attached hydrogens (tertiary/aromatic N) is 3. The maximum Gasteiger partial charge on any atom is 0.254 e. The van der Waals surface area contributed by atoms with Crippen LogP contribution in [-0.4, -0.2) is 118 Å². The van der Waals surface area contributed by atoms with Gasteiger partial charge >= 0.3 is 0 Å². The molecular weight excluding hydrogens is 1410 g/mol. The molecule has 18 nitrogen and oxygen atoms in total. The number of rotatable bonds is 16. The van der Waals surface area contributed by atoms with Crippen LogP contribution in [0.1, 0.15) is 61.2 Å². The average Bonchev–Trinajstić information content (AvgIpc) is 3.13. The number of nitrogens with two attached hydrogens (primary N) is 2. The minimum Gasteiger partial charge on any atom is -0.484 e. The molecular formula is C32H38I6N10O8. The molecule has 1 atom stereocenters. The first-order valence-corrected chi connectivity index (χ1v) is 22.5. The van der Waals surface area contributed by atoms with Crippen molar-refractivity contribution in [1.29, 1.82) is 0 Å². The number of aliphatic imine (C=N–C) groups is 2. The number of likely N-dealkylation sites (N-methyl/N-ethyl adjacent to an activating group) is 1. The highest BCUT2D eigenvalue weighted by atomic mass is 127. The van der Waals surface area contributed by atoms with E-state index in [4.69, 9.17) is 16.2 Å². The zero-order chi connectivity index (χ0) is 42.6. The third-order valence-electron chi connectivity index (χ3n) is 7.37. The van der Waals surface area contributed by atoms with Crippen LogP contribution >= 0.6 is 136 Å². The van der Waals surface area contributed by atoms with E-state index >= 15 is 0 Å². The largest absolute Gasteiger partial charge is 0.484 e. The Morgan fingerprint density at radius 2 is 1.32 bits per heavy atom. The van der Waals surface area contributed by atoms with Gasteiger partial charge in [-0.15, -0.1) is 0 Å². The number of aliphatic hydroxyl groups is 1. The SMILES string of the molecule is CNC(=O)c1c(I)c(N=C(C)OC)c(I)c(C(=O)NCC(=O)Nc2c(I)c(C(=O)NCCO)c(I)c(C(=O)NC(CCCN=C(N)N)C(=O)N(C)C)c2I)c1I. The second kappa shape index (κ2) is 23.8. The van der Waals surface area contributed by atoms with Crippen molar-refractivity contribution in [2.75, 3.05) is 59.8 Å². The average molecular weight is 1450 g/mol. The van der Waals surface area contributed by atoms with E-state index in [9.17, 15) is 33.9 Å². The normalized spacial score (nSPS) is 11.5. The molecule has 0 aliphatic heterocycles. The quantitative estimate of drug-likeness (QED) is 0.0527. The Morgan fingerprint density at radius 1 is 0.804 bits per heavy atom. The van der Waals surface area contributed by atoms with Crippen molar-refractivity contribution in [2.24, 2.45) is 21.5 Å². The van der Waals surface area contributed by atoms with E-state index in [0.29, 0.717) is 22.8 Å². The summed E-state index contributed by atoms with van der Waals surface area (Å²) < 4.78 is 7.20. The maximum atomic E-state index is 14.0. The fourth-order valence-corrected chi connectivity index (χ4v) is 13.4. The minimum atomic E-state index is -0.988. The zero-order valence-electron chi connectivity index (χ0n) is 30.4. The van der Waals surface area contributed by atoms with Crippen LogP contribution in [0.5, 0.6) is 0 Å². The second-order valence-electron chi connectivity index (χ2n) is 11.4. The van der Waals surface area contributed by atoms with Gasteiger partial charge in [0, 0.05) is 48.3 Å². The molecule has 0 saturated heterocycles. The molecule has 2 aromatic rings. The molecule has 10 N–H and O–H groups in total. The predicted octanol–water partition coefficient (Wildman–Crippen LogP) is 2.70. The second-order valence-corrected chi connectivity index (χ2v) is 17.9. The first-order valence-electron chi connectivity index (χ1n) is 16.0. The van der Waals surface area contributed by atoms with Crippen LogP contribution in [0.25, 0.3) is 0 Å². The molecule has 1 unspecified atom stereocenters. The Balaban J connectivity index is 2.60. The summed E-state index contributed by atoms with van der Waals surface area (Å²) in [4.78, 5) is 90.5. The Morgan fingerprint density at radius 3 is 1.82 bits per heavy atom. The van der Waals surface area contributed by atoms with Crippen molar-refractivity contribution in [3.8, 4) is 0 Å². The highest BCUT2D eigenvalue weighted by Gasteiger charge is 2.32. The lowest BCUT2D eigenvalue weighted by molar-refractivity contribution is -0.130. The summed E-state index contributed by atoms with van der Waals surface area (Å²) in [6, 6.07) is -0.988. The number of anilines is 1. The number of ether oxygens (including phenoxy) is 1. The van der Waals surface area contributed by atoms with Crippen LogP contribution in [-0.2, 0) is 14.3 Å². The molecule has 0 aliphatic rings. The third-order valence-corrected chi connectivity index (χ3v) is 13.8. The monoisotopic (exact) mass is 1450 g/mol. The summed E-state index contributed by atoms with van der Waals surface area (Å²) in [6.45, 7) is 0.851. The molecule has 0 fully saturated rings. The number of amides is 6. The Bertz CT molecular complexity index is 1960. The van der Waals surface area contributed by atoms with Crippen LogP contribution in [0.2, 0.25) is 0 Å². The molecule has 56 heavy (non-hydrogen) atoms. The highest BCUT2D eigenvalue weighted by molar-refractivity contribution is 14.1. The summed E-state index contributed by atoms with van der Waals surface area (Å²) in [5.74, 6) is -3.37. The number of hydrogen-bond donors (Lipinski definition) is 8. The summed E-state index contributed by atoms with van der Waals surface area (Å²) in [6.07, 6.45) is 0.549. The molecule has 0 bridgehead atoms. The number of carbonyl (C=O) groups excluding carboxylic acids is 6. The van der Waals surface area contributed by atoms with E-state index in [2.05, 4.69) is 36.6 Å². The van der Waals surface area contributed by atoms with E-state index in [1.807, 2.05) is 136 Å². The van der Waals surface area contributed by atoms with Gasteiger partial charge in [-0.2, -0.15) is 0 Å². The van der Waals surface area contributed by atoms with E-state index in [-0.39, 0.29) is 76.6 Å². The molecule has 0 heterocycles. The van der Waals surface area contributed by atoms with E-state index < -0.39 is 48.0 Å². The van der Waals surface area contributed by atoms with Crippen molar-refractivity contribution in [3.63, 3.8) is 0 Å². The number of halogens is 6. The summed E-state index contributed by atoms with van der Waals surface area (Å²) in [7, 11) is 5.99. The molecule has 306 valence electrons. The lowest BCUT2D eigenvalue weighted by atomic mass is 10.1. The van der Waals surface area contributed by atoms with Crippen molar-refractivity contribution in [1.82, 2.24) is 26.2 Å². The van der Waals surface area contributed by atoms with Gasteiger partial charge in [-0.05, 0) is 148 Å². The number of guanidine groups is 1. The van der Waals surface area contributed by atoms with Gasteiger partial charge in [0.05, 0.1) is 68.2 Å². The molecule has 0 radical (unpaired) electrons. The summed E-state index contributed by atoms with van der Waals surface area (Å²) in [5.41, 5.74) is 11.6. The molecule has 0 aromatic heterocycles. The van der Waals surface area contributed by atoms with Gasteiger partial charge in [0.1, 0.15) is 6.04 Å². The number of nitrogens with one attached hydrogen (secondary N) is 5. The third kappa shape index (κ3) is 13.2. The number of carbonyl (C=O) groups is 6. The molecule has 2 rings (SSSR count). The first-order chi connectivity index (χ1) is 26.2. The molecule has 0 aliphatic carbocycles. The van der Waals surface area contributed by atoms with Crippen molar-refractivity contribution in [2.45, 2.75) is 25.8 Å². The topological polar surface area (TPSA) is 272 Å². The number of aliphatic hydroxyl groups excluding tert-OH is 1. The van der Waals surface area contributed by atoms with Crippen LogP contribution in [0.15, 0.2) is 9.98 Å². The van der Waals surface area contributed by atoms with Gasteiger partial charge in [0.25, 0.3) is 23.6 Å². The van der Waals surface area contributed by atoms with Crippen LogP contribution in [0, 0.1) is 21.4 Å². The zero-order valence-corrected chi connectivity index (χ0v) is 43.3. The fraction of sp³-hybridized carbons (Fsp3) is 0.375. The fourth-order valence-electron chi connectivity index (χ4n) is 4.64. The first kappa shape index (κ1) is 50.5. The molecule has 0 saturated carbocycles. The van der Waals surface area contributed by atoms with Crippen molar-refractivity contribution >= 4 is 194 Å². The smallest absolute Gasteiger partial charge is 0.254 e. The predicted molar refractivity (Wildman–Crippen MR) is 263 cm³/mol. The number of benzene rings is 2. The Labute approximate surface area is 404 Å². The van der Waals surface area contributed by atoms with Gasteiger partial charge in [-0.3, -0.25) is 33.8 Å². The van der Waals surface area contributed by atoms with Gasteiger partial charge in [0.2, 0.25) is 11.8 Å². The van der Waals surface area contributed by atoms with Crippen LogP contribution in [0.3, 0.4) is 0 Å². The summed E-state index contributed by atoms with van der Waals surface area (Å²) >= 11 is 11.4. The molecule has 6 amide bonds. The van der Waals surface area contributed by atoms with Gasteiger partial charge in [0.15, 0.2) is 11.9 Å². The minimum absolute atomic E-state index is 0.00467. The maximum absolute atomic E-state index is 14.0. The van der Waals surface area contributed by atoms with Crippen molar-refractivity contribution in [3.05, 3.63) is 43.7 Å². The lowest BCUT2D eigenvalue weighted by Gasteiger charge is -2.24. The van der Waals surface area contributed by atoms with E-state index in [1.165, 1.54) is 19.1 Å². The van der Waals surface area contributed by atoms with Gasteiger partial charge in [-0.1, -0.05) is 0 Å². The number of methoxy groups -OCH3 is 1.